The summed E-state index contributed by atoms with van der Waals surface area (Å²) in [6.07, 6.45) is 4.38. The van der Waals surface area contributed by atoms with E-state index < -0.39 is 11.6 Å². The maximum Gasteiger partial charge on any atom is 0.223 e. The first kappa shape index (κ1) is 15.9. The quantitative estimate of drug-likeness (QED) is 0.726. The molecule has 4 rings (SSSR count). The predicted octanol–water partition coefficient (Wildman–Crippen LogP) is 3.66. The first-order chi connectivity index (χ1) is 12.1. The minimum atomic E-state index is -0.632. The number of aryl methyl sites for hydroxylation is 1. The van der Waals surface area contributed by atoms with Crippen LogP contribution in [0, 0.1) is 24.5 Å². The Hall–Kier alpha value is -2.57. The zero-order chi connectivity index (χ0) is 17.4. The second kappa shape index (κ2) is 6.38. The highest BCUT2D eigenvalue weighted by atomic mass is 19.1. The number of anilines is 1. The van der Waals surface area contributed by atoms with Crippen LogP contribution in [0.3, 0.4) is 0 Å². The normalized spacial score (nSPS) is 18.0. The van der Waals surface area contributed by atoms with E-state index in [4.69, 9.17) is 4.52 Å². The van der Waals surface area contributed by atoms with Crippen LogP contribution in [0.1, 0.15) is 24.6 Å². The number of halogens is 2. The molecular weight excluding hydrogens is 326 g/mol. The molecule has 0 amide bonds. The van der Waals surface area contributed by atoms with Crippen LogP contribution < -0.4 is 4.90 Å². The van der Waals surface area contributed by atoms with Crippen LogP contribution in [0.2, 0.25) is 0 Å². The molecule has 2 aromatic heterocycles. The Morgan fingerprint density at radius 1 is 1.32 bits per heavy atom. The molecule has 130 valence electrons. The lowest BCUT2D eigenvalue weighted by molar-refractivity contribution is 0.370. The molecule has 0 radical (unpaired) electrons. The topological polar surface area (TPSA) is 55.1 Å². The maximum absolute atomic E-state index is 14.0. The van der Waals surface area contributed by atoms with Crippen molar-refractivity contribution in [2.75, 3.05) is 18.0 Å². The van der Waals surface area contributed by atoms with Gasteiger partial charge in [-0.05, 0) is 30.9 Å². The molecule has 3 heterocycles. The van der Waals surface area contributed by atoms with Crippen molar-refractivity contribution in [2.24, 2.45) is 5.92 Å². The lowest BCUT2D eigenvalue weighted by Gasteiger charge is -2.34. The third-order valence-electron chi connectivity index (χ3n) is 4.64. The zero-order valence-electron chi connectivity index (χ0n) is 13.9. The van der Waals surface area contributed by atoms with Crippen molar-refractivity contribution in [1.82, 2.24) is 15.1 Å². The van der Waals surface area contributed by atoms with Crippen LogP contribution in [0.15, 0.2) is 28.9 Å². The summed E-state index contributed by atoms with van der Waals surface area (Å²) in [5.74, 6) is 0.421. The summed E-state index contributed by atoms with van der Waals surface area (Å²) in [5.41, 5.74) is 1.02. The van der Waals surface area contributed by atoms with Gasteiger partial charge in [0.1, 0.15) is 11.3 Å². The van der Waals surface area contributed by atoms with Crippen LogP contribution in [-0.4, -0.2) is 28.2 Å². The van der Waals surface area contributed by atoms with Crippen LogP contribution >= 0.6 is 0 Å². The molecule has 0 N–H and O–H groups in total. The highest BCUT2D eigenvalue weighted by Crippen LogP contribution is 2.31. The fourth-order valence-corrected chi connectivity index (χ4v) is 3.57. The second-order valence-corrected chi connectivity index (χ2v) is 6.50. The SMILES string of the molecule is Cc1nc(CC2CCCN(c3ccnc4c(F)cc(F)cc34)C2)no1. The molecule has 1 saturated heterocycles. The Balaban J connectivity index is 1.62. The number of benzene rings is 1. The smallest absolute Gasteiger partial charge is 0.223 e. The third-order valence-corrected chi connectivity index (χ3v) is 4.64. The van der Waals surface area contributed by atoms with E-state index in [0.717, 1.165) is 44.1 Å². The minimum Gasteiger partial charge on any atom is -0.371 e. The first-order valence-corrected chi connectivity index (χ1v) is 8.38. The molecule has 0 bridgehead atoms. The lowest BCUT2D eigenvalue weighted by Crippen LogP contribution is -2.36. The van der Waals surface area contributed by atoms with Crippen LogP contribution in [-0.2, 0) is 6.42 Å². The van der Waals surface area contributed by atoms with Gasteiger partial charge in [0, 0.05) is 49.8 Å². The van der Waals surface area contributed by atoms with Gasteiger partial charge in [0.15, 0.2) is 11.6 Å². The second-order valence-electron chi connectivity index (χ2n) is 6.50. The van der Waals surface area contributed by atoms with Gasteiger partial charge in [0.05, 0.1) is 0 Å². The lowest BCUT2D eigenvalue weighted by atomic mass is 9.94. The number of aromatic nitrogens is 3. The van der Waals surface area contributed by atoms with Gasteiger partial charge in [-0.25, -0.2) is 8.78 Å². The van der Waals surface area contributed by atoms with Crippen molar-refractivity contribution in [3.8, 4) is 0 Å². The molecule has 7 heteroatoms. The molecule has 0 saturated carbocycles. The monoisotopic (exact) mass is 344 g/mol. The van der Waals surface area contributed by atoms with Gasteiger partial charge in [-0.3, -0.25) is 4.98 Å². The molecule has 1 atom stereocenters. The van der Waals surface area contributed by atoms with Gasteiger partial charge in [-0.2, -0.15) is 4.98 Å². The van der Waals surface area contributed by atoms with E-state index in [9.17, 15) is 8.78 Å². The number of pyridine rings is 1. The molecule has 5 nitrogen and oxygen atoms in total. The van der Waals surface area contributed by atoms with Crippen molar-refractivity contribution in [1.29, 1.82) is 0 Å². The fourth-order valence-electron chi connectivity index (χ4n) is 3.57. The first-order valence-electron chi connectivity index (χ1n) is 8.38. The van der Waals surface area contributed by atoms with E-state index in [1.165, 1.54) is 6.07 Å². The maximum atomic E-state index is 14.0. The van der Waals surface area contributed by atoms with Crippen molar-refractivity contribution in [2.45, 2.75) is 26.2 Å². The van der Waals surface area contributed by atoms with E-state index in [1.54, 1.807) is 13.1 Å². The van der Waals surface area contributed by atoms with E-state index in [2.05, 4.69) is 20.0 Å². The molecular formula is C18H18F2N4O. The van der Waals surface area contributed by atoms with Gasteiger partial charge >= 0.3 is 0 Å². The standard InChI is InChI=1S/C18H18F2N4O/c1-11-22-17(23-25-11)7-12-3-2-6-24(10-12)16-4-5-21-18-14(16)8-13(19)9-15(18)20/h4-5,8-9,12H,2-3,6-7,10H2,1H3. The average molecular weight is 344 g/mol. The highest BCUT2D eigenvalue weighted by Gasteiger charge is 2.24. The molecule has 0 aliphatic carbocycles. The van der Waals surface area contributed by atoms with E-state index in [-0.39, 0.29) is 5.52 Å². The molecule has 1 aliphatic heterocycles. The van der Waals surface area contributed by atoms with Crippen molar-refractivity contribution >= 4 is 16.6 Å². The summed E-state index contributed by atoms with van der Waals surface area (Å²) in [5, 5.41) is 4.48. The van der Waals surface area contributed by atoms with Crippen LogP contribution in [0.25, 0.3) is 10.9 Å². The summed E-state index contributed by atoms with van der Waals surface area (Å²) in [7, 11) is 0. The van der Waals surface area contributed by atoms with Crippen molar-refractivity contribution < 1.29 is 13.3 Å². The molecule has 1 fully saturated rings. The average Bonchev–Trinajstić information content (AvgIpc) is 2.99. The Kier molecular flexibility index (Phi) is 4.07. The summed E-state index contributed by atoms with van der Waals surface area (Å²) < 4.78 is 32.7. The largest absolute Gasteiger partial charge is 0.371 e. The van der Waals surface area contributed by atoms with Crippen LogP contribution in [0.5, 0.6) is 0 Å². The van der Waals surface area contributed by atoms with Gasteiger partial charge in [0.25, 0.3) is 0 Å². The van der Waals surface area contributed by atoms with Crippen LogP contribution in [0.4, 0.5) is 14.5 Å². The number of nitrogens with zero attached hydrogens (tertiary/aromatic N) is 4. The molecule has 1 aliphatic rings. The van der Waals surface area contributed by atoms with Crippen molar-refractivity contribution in [3.63, 3.8) is 0 Å². The Morgan fingerprint density at radius 3 is 3.00 bits per heavy atom. The minimum absolute atomic E-state index is 0.204. The number of fused-ring (bicyclic) bond motifs is 1. The summed E-state index contributed by atoms with van der Waals surface area (Å²) >= 11 is 0. The van der Waals surface area contributed by atoms with Gasteiger partial charge in [-0.15, -0.1) is 0 Å². The highest BCUT2D eigenvalue weighted by molar-refractivity contribution is 5.92. The number of rotatable bonds is 3. The predicted molar refractivity (Wildman–Crippen MR) is 89.3 cm³/mol. The molecule has 25 heavy (non-hydrogen) atoms. The Bertz CT molecular complexity index is 911. The Labute approximate surface area is 143 Å². The fraction of sp³-hybridized carbons (Fsp3) is 0.389. The van der Waals surface area contributed by atoms with E-state index in [0.29, 0.717) is 23.0 Å². The third kappa shape index (κ3) is 3.18. The number of piperidine rings is 1. The molecule has 3 aromatic rings. The molecule has 0 spiro atoms. The van der Waals surface area contributed by atoms with Gasteiger partial charge < -0.3 is 9.42 Å². The molecule has 1 unspecified atom stereocenters. The molecule has 1 aromatic carbocycles. The summed E-state index contributed by atoms with van der Waals surface area (Å²) in [6.45, 7) is 3.40. The van der Waals surface area contributed by atoms with Gasteiger partial charge in [-0.1, -0.05) is 5.16 Å². The summed E-state index contributed by atoms with van der Waals surface area (Å²) in [6, 6.07) is 4.05. The Morgan fingerprint density at radius 2 is 2.20 bits per heavy atom. The number of hydrogen-bond donors (Lipinski definition) is 0. The van der Waals surface area contributed by atoms with E-state index in [1.807, 2.05) is 6.07 Å². The zero-order valence-corrected chi connectivity index (χ0v) is 13.9. The summed E-state index contributed by atoms with van der Waals surface area (Å²) in [4.78, 5) is 10.5. The van der Waals surface area contributed by atoms with Gasteiger partial charge in [0.2, 0.25) is 5.89 Å². The van der Waals surface area contributed by atoms with E-state index >= 15 is 0 Å². The van der Waals surface area contributed by atoms with Crippen molar-refractivity contribution in [3.05, 3.63) is 47.7 Å². The number of hydrogen-bond acceptors (Lipinski definition) is 5.